The molecule has 1 N–H and O–H groups in total. The van der Waals surface area contributed by atoms with Crippen LogP contribution in [0.2, 0.25) is 0 Å². The van der Waals surface area contributed by atoms with Crippen LogP contribution in [0.3, 0.4) is 0 Å². The molecule has 0 bridgehead atoms. The summed E-state index contributed by atoms with van der Waals surface area (Å²) in [6.45, 7) is 1.95. The first-order valence-electron chi connectivity index (χ1n) is 12.1. The Balaban J connectivity index is 1.82. The number of imidazole rings is 1. The van der Waals surface area contributed by atoms with E-state index < -0.39 is 23.4 Å². The molecule has 2 aromatic carbocycles. The molecule has 0 saturated heterocycles. The molecular weight excluding hydrogens is 521 g/mol. The summed E-state index contributed by atoms with van der Waals surface area (Å²) in [6.07, 6.45) is -4.05. The van der Waals surface area contributed by atoms with E-state index in [1.54, 1.807) is 0 Å². The number of aromatic nitrogens is 4. The summed E-state index contributed by atoms with van der Waals surface area (Å²) in [5.41, 5.74) is 0.750. The Morgan fingerprint density at radius 2 is 1.67 bits per heavy atom. The number of alkyl halides is 3. The molecule has 4 rings (SSSR count). The van der Waals surface area contributed by atoms with Crippen molar-refractivity contribution in [2.24, 2.45) is 7.05 Å². The van der Waals surface area contributed by atoms with Gasteiger partial charge in [-0.05, 0) is 29.7 Å². The zero-order valence-corrected chi connectivity index (χ0v) is 21.3. The maximum atomic E-state index is 13.5. The number of aliphatic hydroxyl groups excluding tert-OH is 1. The molecule has 0 fully saturated rings. The van der Waals surface area contributed by atoms with Crippen LogP contribution in [0.15, 0.2) is 58.1 Å². The number of hydrogen-bond acceptors (Lipinski definition) is 7. The van der Waals surface area contributed by atoms with Gasteiger partial charge in [0.1, 0.15) is 11.5 Å². The third-order valence-electron chi connectivity index (χ3n) is 5.91. The van der Waals surface area contributed by atoms with Crippen molar-refractivity contribution in [3.8, 4) is 17.5 Å². The molecular formula is C26H27F3N4O6. The Morgan fingerprint density at radius 1 is 0.974 bits per heavy atom. The number of aryl methyl sites for hydroxylation is 2. The van der Waals surface area contributed by atoms with Gasteiger partial charge in [-0.2, -0.15) is 4.98 Å². The molecule has 0 aliphatic carbocycles. The molecule has 4 aromatic rings. The minimum atomic E-state index is -4.89. The Bertz CT molecular complexity index is 1560. The Labute approximate surface area is 220 Å². The highest BCUT2D eigenvalue weighted by molar-refractivity contribution is 5.72. The van der Waals surface area contributed by atoms with E-state index in [-0.39, 0.29) is 55.8 Å². The van der Waals surface area contributed by atoms with Crippen LogP contribution in [0.4, 0.5) is 13.2 Å². The number of rotatable bonds is 11. The molecule has 0 unspecified atom stereocenters. The number of halogens is 3. The Morgan fingerprint density at radius 3 is 2.33 bits per heavy atom. The molecule has 0 spiro atoms. The predicted octanol–water partition coefficient (Wildman–Crippen LogP) is 3.21. The van der Waals surface area contributed by atoms with Crippen molar-refractivity contribution in [2.75, 3.05) is 19.8 Å². The van der Waals surface area contributed by atoms with Gasteiger partial charge in [-0.3, -0.25) is 18.5 Å². The number of fused-ring (bicyclic) bond motifs is 1. The zero-order chi connectivity index (χ0) is 28.2. The highest BCUT2D eigenvalue weighted by Gasteiger charge is 2.31. The summed E-state index contributed by atoms with van der Waals surface area (Å²) in [5, 5.41) is 8.92. The molecule has 39 heavy (non-hydrogen) atoms. The van der Waals surface area contributed by atoms with E-state index in [0.717, 1.165) is 34.2 Å². The summed E-state index contributed by atoms with van der Waals surface area (Å²) < 4.78 is 56.9. The van der Waals surface area contributed by atoms with Crippen LogP contribution in [0, 0.1) is 0 Å². The van der Waals surface area contributed by atoms with Crippen molar-refractivity contribution in [2.45, 2.75) is 32.8 Å². The largest absolute Gasteiger partial charge is 0.573 e. The average molecular weight is 549 g/mol. The average Bonchev–Trinajstić information content (AvgIpc) is 3.24. The zero-order valence-electron chi connectivity index (χ0n) is 21.3. The monoisotopic (exact) mass is 548 g/mol. The number of ether oxygens (including phenoxy) is 3. The second-order valence-corrected chi connectivity index (χ2v) is 8.58. The third-order valence-corrected chi connectivity index (χ3v) is 5.91. The first-order chi connectivity index (χ1) is 18.6. The van der Waals surface area contributed by atoms with E-state index >= 15 is 0 Å². The predicted molar refractivity (Wildman–Crippen MR) is 135 cm³/mol. The molecule has 208 valence electrons. The van der Waals surface area contributed by atoms with Crippen molar-refractivity contribution in [3.05, 3.63) is 80.5 Å². The van der Waals surface area contributed by atoms with Gasteiger partial charge in [0.25, 0.3) is 5.56 Å². The summed E-state index contributed by atoms with van der Waals surface area (Å²) in [7, 11) is 1.45. The second kappa shape index (κ2) is 11.7. The van der Waals surface area contributed by atoms with Crippen LogP contribution in [-0.4, -0.2) is 50.0 Å². The first kappa shape index (κ1) is 27.9. The van der Waals surface area contributed by atoms with Gasteiger partial charge in [0.05, 0.1) is 32.9 Å². The van der Waals surface area contributed by atoms with Crippen molar-refractivity contribution in [3.63, 3.8) is 0 Å². The smallest absolute Gasteiger partial charge is 0.425 e. The standard InChI is InChI=1S/C26H27F3N4O6/c1-3-17-7-9-18(10-8-17)16-33-21-22(31(2)25(36)32(23(21)35)11-13-37-14-12-34)30-24(33)38-19-5-4-6-20(15-19)39-26(27,28)29/h4-10,15,34H,3,11-14,16H2,1-2H3. The van der Waals surface area contributed by atoms with E-state index in [2.05, 4.69) is 9.72 Å². The van der Waals surface area contributed by atoms with Gasteiger partial charge in [-0.1, -0.05) is 37.3 Å². The molecule has 0 radical (unpaired) electrons. The SMILES string of the molecule is CCc1ccc(Cn2c(Oc3cccc(OC(F)(F)F)c3)nc3c2c(=O)n(CCOCCO)c(=O)n3C)cc1. The summed E-state index contributed by atoms with van der Waals surface area (Å²) >= 11 is 0. The minimum absolute atomic E-state index is 0.0163. The van der Waals surface area contributed by atoms with Gasteiger partial charge in [-0.25, -0.2) is 4.79 Å². The van der Waals surface area contributed by atoms with Gasteiger partial charge >= 0.3 is 18.1 Å². The van der Waals surface area contributed by atoms with E-state index in [1.807, 2.05) is 31.2 Å². The first-order valence-corrected chi connectivity index (χ1v) is 12.1. The lowest BCUT2D eigenvalue weighted by Crippen LogP contribution is -2.40. The van der Waals surface area contributed by atoms with Crippen LogP contribution in [0.25, 0.3) is 11.2 Å². The summed E-state index contributed by atoms with van der Waals surface area (Å²) in [4.78, 5) is 30.9. The lowest BCUT2D eigenvalue weighted by Gasteiger charge is -2.13. The molecule has 0 amide bonds. The lowest BCUT2D eigenvalue weighted by atomic mass is 10.1. The summed E-state index contributed by atoms with van der Waals surface area (Å²) in [5.74, 6) is -0.507. The lowest BCUT2D eigenvalue weighted by molar-refractivity contribution is -0.274. The van der Waals surface area contributed by atoms with E-state index in [1.165, 1.54) is 28.3 Å². The van der Waals surface area contributed by atoms with Gasteiger partial charge in [-0.15, -0.1) is 13.2 Å². The second-order valence-electron chi connectivity index (χ2n) is 8.58. The molecule has 2 aromatic heterocycles. The van der Waals surface area contributed by atoms with Crippen LogP contribution >= 0.6 is 0 Å². The van der Waals surface area contributed by atoms with Crippen LogP contribution < -0.4 is 20.7 Å². The van der Waals surface area contributed by atoms with E-state index in [0.29, 0.717) is 0 Å². The maximum Gasteiger partial charge on any atom is 0.573 e. The van der Waals surface area contributed by atoms with Crippen LogP contribution in [0.1, 0.15) is 18.1 Å². The van der Waals surface area contributed by atoms with Gasteiger partial charge in [0.2, 0.25) is 0 Å². The quantitative estimate of drug-likeness (QED) is 0.287. The number of benzene rings is 2. The van der Waals surface area contributed by atoms with Crippen molar-refractivity contribution < 1.29 is 32.5 Å². The number of hydrogen-bond donors (Lipinski definition) is 1. The fraction of sp³-hybridized carbons (Fsp3) is 0.346. The Hall–Kier alpha value is -4.10. The summed E-state index contributed by atoms with van der Waals surface area (Å²) in [6, 6.07) is 12.5. The van der Waals surface area contributed by atoms with E-state index in [4.69, 9.17) is 14.6 Å². The van der Waals surface area contributed by atoms with Crippen LogP contribution in [0.5, 0.6) is 17.5 Å². The van der Waals surface area contributed by atoms with Crippen molar-refractivity contribution in [1.29, 1.82) is 0 Å². The normalized spacial score (nSPS) is 11.7. The van der Waals surface area contributed by atoms with Gasteiger partial charge < -0.3 is 19.3 Å². The van der Waals surface area contributed by atoms with E-state index in [9.17, 15) is 22.8 Å². The number of aliphatic hydroxyl groups is 1. The molecule has 0 atom stereocenters. The van der Waals surface area contributed by atoms with Crippen LogP contribution in [-0.2, 0) is 31.3 Å². The van der Waals surface area contributed by atoms with Gasteiger partial charge in [0, 0.05) is 13.1 Å². The van der Waals surface area contributed by atoms with Gasteiger partial charge in [0.15, 0.2) is 11.2 Å². The van der Waals surface area contributed by atoms with Crippen molar-refractivity contribution in [1.82, 2.24) is 18.7 Å². The fourth-order valence-electron chi connectivity index (χ4n) is 4.00. The molecule has 13 heteroatoms. The van der Waals surface area contributed by atoms with Crippen molar-refractivity contribution >= 4 is 11.2 Å². The highest BCUT2D eigenvalue weighted by atomic mass is 19.4. The maximum absolute atomic E-state index is 13.5. The topological polar surface area (TPSA) is 110 Å². The molecule has 0 aliphatic heterocycles. The molecule has 0 saturated carbocycles. The highest BCUT2D eigenvalue weighted by Crippen LogP contribution is 2.30. The third kappa shape index (κ3) is 6.49. The fourth-order valence-corrected chi connectivity index (χ4v) is 4.00. The Kier molecular flexibility index (Phi) is 8.41. The molecule has 0 aliphatic rings. The molecule has 2 heterocycles. The minimum Gasteiger partial charge on any atom is -0.425 e. The molecule has 10 nitrogen and oxygen atoms in total. The number of nitrogens with zero attached hydrogens (tertiary/aromatic N) is 4.